The Hall–Kier alpha value is 0.250. The summed E-state index contributed by atoms with van der Waals surface area (Å²) in [4.78, 5) is 0. The molecule has 1 heterocycles. The topological polar surface area (TPSA) is 9.23 Å². The van der Waals surface area contributed by atoms with Gasteiger partial charge in [-0.3, -0.25) is 0 Å². The number of ether oxygens (including phenoxy) is 1. The van der Waals surface area contributed by atoms with Gasteiger partial charge < -0.3 is 4.74 Å². The van der Waals surface area contributed by atoms with E-state index >= 15 is 0 Å². The second-order valence-electron chi connectivity index (χ2n) is 5.50. The Morgan fingerprint density at radius 1 is 1.13 bits per heavy atom. The van der Waals surface area contributed by atoms with Crippen LogP contribution >= 0.6 is 11.6 Å². The van der Waals surface area contributed by atoms with E-state index in [2.05, 4.69) is 0 Å². The molecule has 1 saturated heterocycles. The zero-order chi connectivity index (χ0) is 10.6. The minimum atomic E-state index is 0.321. The lowest BCUT2D eigenvalue weighted by molar-refractivity contribution is -0.0111. The van der Waals surface area contributed by atoms with Crippen molar-refractivity contribution in [2.24, 2.45) is 11.3 Å². The molecule has 1 aliphatic carbocycles. The highest BCUT2D eigenvalue weighted by Gasteiger charge is 2.34. The number of halogens is 1. The van der Waals surface area contributed by atoms with E-state index in [4.69, 9.17) is 16.3 Å². The predicted molar refractivity (Wildman–Crippen MR) is 64.4 cm³/mol. The number of alkyl halides is 1. The lowest BCUT2D eigenvalue weighted by Crippen LogP contribution is -2.36. The third-order valence-electron chi connectivity index (χ3n) is 4.13. The lowest BCUT2D eigenvalue weighted by Gasteiger charge is -2.39. The van der Waals surface area contributed by atoms with Crippen molar-refractivity contribution in [3.05, 3.63) is 0 Å². The van der Waals surface area contributed by atoms with Gasteiger partial charge in [-0.25, -0.2) is 0 Å². The van der Waals surface area contributed by atoms with Gasteiger partial charge in [-0.05, 0) is 25.2 Å². The van der Waals surface area contributed by atoms with Gasteiger partial charge >= 0.3 is 0 Å². The smallest absolute Gasteiger partial charge is 0.0533 e. The first-order valence-corrected chi connectivity index (χ1v) is 7.02. The van der Waals surface area contributed by atoms with Crippen LogP contribution in [0.3, 0.4) is 0 Å². The molecule has 0 aromatic carbocycles. The summed E-state index contributed by atoms with van der Waals surface area (Å²) in [6.07, 6.45) is 11.0. The van der Waals surface area contributed by atoms with Gasteiger partial charge in [0.2, 0.25) is 0 Å². The third-order valence-corrected chi connectivity index (χ3v) is 4.70. The number of hydrogen-bond acceptors (Lipinski definition) is 1. The van der Waals surface area contributed by atoms with E-state index in [0.717, 1.165) is 25.0 Å². The van der Waals surface area contributed by atoms with Crippen LogP contribution in [0.1, 0.15) is 51.4 Å². The average molecular weight is 231 g/mol. The molecule has 15 heavy (non-hydrogen) atoms. The van der Waals surface area contributed by atoms with Gasteiger partial charge in [-0.15, -0.1) is 11.6 Å². The first-order valence-electron chi connectivity index (χ1n) is 6.48. The van der Waals surface area contributed by atoms with Crippen molar-refractivity contribution in [2.45, 2.75) is 51.4 Å². The third kappa shape index (κ3) is 3.10. The van der Waals surface area contributed by atoms with Gasteiger partial charge in [0.05, 0.1) is 6.61 Å². The van der Waals surface area contributed by atoms with Gasteiger partial charge in [0.1, 0.15) is 0 Å². The van der Waals surface area contributed by atoms with E-state index in [1.54, 1.807) is 0 Å². The van der Waals surface area contributed by atoms with E-state index in [-0.39, 0.29) is 0 Å². The molecule has 0 aromatic rings. The Balaban J connectivity index is 1.87. The molecule has 88 valence electrons. The Morgan fingerprint density at radius 2 is 1.93 bits per heavy atom. The lowest BCUT2D eigenvalue weighted by atomic mass is 9.73. The number of rotatable bonds is 3. The first-order chi connectivity index (χ1) is 7.35. The van der Waals surface area contributed by atoms with Crippen molar-refractivity contribution < 1.29 is 4.74 Å². The van der Waals surface area contributed by atoms with Crippen molar-refractivity contribution >= 4 is 11.6 Å². The van der Waals surface area contributed by atoms with Crippen LogP contribution in [0.15, 0.2) is 0 Å². The Morgan fingerprint density at radius 3 is 2.53 bits per heavy atom. The fraction of sp³-hybridized carbons (Fsp3) is 1.00. The summed E-state index contributed by atoms with van der Waals surface area (Å²) in [5.74, 6) is 1.72. The molecule has 0 spiro atoms. The fourth-order valence-electron chi connectivity index (χ4n) is 3.23. The quantitative estimate of drug-likeness (QED) is 0.667. The molecule has 0 amide bonds. The van der Waals surface area contributed by atoms with Crippen LogP contribution in [-0.2, 0) is 4.74 Å². The SMILES string of the molecule is ClCC1(CC2CCCCC2)CCCOC1. The molecular weight excluding hydrogens is 208 g/mol. The molecule has 2 fully saturated rings. The predicted octanol–water partition coefficient (Wildman–Crippen LogP) is 3.99. The normalized spacial score (nSPS) is 34.2. The van der Waals surface area contributed by atoms with Crippen LogP contribution in [0.2, 0.25) is 0 Å². The van der Waals surface area contributed by atoms with Crippen LogP contribution in [0.5, 0.6) is 0 Å². The second kappa shape index (κ2) is 5.54. The molecule has 0 bridgehead atoms. The van der Waals surface area contributed by atoms with Crippen molar-refractivity contribution in [2.75, 3.05) is 19.1 Å². The highest BCUT2D eigenvalue weighted by molar-refractivity contribution is 6.18. The molecule has 0 N–H and O–H groups in total. The highest BCUT2D eigenvalue weighted by Crippen LogP contribution is 2.40. The summed E-state index contributed by atoms with van der Waals surface area (Å²) >= 11 is 6.18. The maximum atomic E-state index is 6.18. The zero-order valence-electron chi connectivity index (χ0n) is 9.64. The highest BCUT2D eigenvalue weighted by atomic mass is 35.5. The van der Waals surface area contributed by atoms with Crippen molar-refractivity contribution in [1.82, 2.24) is 0 Å². The molecule has 2 aliphatic rings. The molecule has 0 radical (unpaired) electrons. The van der Waals surface area contributed by atoms with E-state index in [1.165, 1.54) is 51.4 Å². The van der Waals surface area contributed by atoms with Gasteiger partial charge in [0.25, 0.3) is 0 Å². The average Bonchev–Trinajstić information content (AvgIpc) is 2.32. The maximum absolute atomic E-state index is 6.18. The van der Waals surface area contributed by atoms with Gasteiger partial charge in [0.15, 0.2) is 0 Å². The monoisotopic (exact) mass is 230 g/mol. The Bertz CT molecular complexity index is 181. The first kappa shape index (κ1) is 11.7. The van der Waals surface area contributed by atoms with Gasteiger partial charge in [0, 0.05) is 17.9 Å². The Kier molecular flexibility index (Phi) is 4.33. The van der Waals surface area contributed by atoms with Gasteiger partial charge in [-0.1, -0.05) is 32.1 Å². The largest absolute Gasteiger partial charge is 0.381 e. The molecule has 1 nitrogen and oxygen atoms in total. The maximum Gasteiger partial charge on any atom is 0.0533 e. The number of hydrogen-bond donors (Lipinski definition) is 0. The van der Waals surface area contributed by atoms with Crippen molar-refractivity contribution in [3.8, 4) is 0 Å². The zero-order valence-corrected chi connectivity index (χ0v) is 10.4. The molecule has 1 saturated carbocycles. The summed E-state index contributed by atoms with van der Waals surface area (Å²) in [7, 11) is 0. The summed E-state index contributed by atoms with van der Waals surface area (Å²) in [5, 5.41) is 0. The van der Waals surface area contributed by atoms with Crippen molar-refractivity contribution in [1.29, 1.82) is 0 Å². The van der Waals surface area contributed by atoms with Crippen LogP contribution in [-0.4, -0.2) is 19.1 Å². The summed E-state index contributed by atoms with van der Waals surface area (Å²) in [6, 6.07) is 0. The summed E-state index contributed by atoms with van der Waals surface area (Å²) in [5.41, 5.74) is 0.321. The fourth-order valence-corrected chi connectivity index (χ4v) is 3.55. The molecule has 1 atom stereocenters. The molecule has 1 unspecified atom stereocenters. The van der Waals surface area contributed by atoms with Crippen LogP contribution in [0.25, 0.3) is 0 Å². The molecule has 0 aromatic heterocycles. The standard InChI is InChI=1S/C13H23ClO/c14-10-13(7-4-8-15-11-13)9-12-5-2-1-3-6-12/h12H,1-11H2. The Labute approximate surface area is 98.5 Å². The molecule has 1 aliphatic heterocycles. The minimum absolute atomic E-state index is 0.321. The van der Waals surface area contributed by atoms with Gasteiger partial charge in [-0.2, -0.15) is 0 Å². The van der Waals surface area contributed by atoms with E-state index in [9.17, 15) is 0 Å². The second-order valence-corrected chi connectivity index (χ2v) is 5.77. The van der Waals surface area contributed by atoms with E-state index in [1.807, 2.05) is 0 Å². The summed E-state index contributed by atoms with van der Waals surface area (Å²) < 4.78 is 5.63. The van der Waals surface area contributed by atoms with Crippen molar-refractivity contribution in [3.63, 3.8) is 0 Å². The van der Waals surface area contributed by atoms with E-state index < -0.39 is 0 Å². The minimum Gasteiger partial charge on any atom is -0.381 e. The van der Waals surface area contributed by atoms with Crippen LogP contribution < -0.4 is 0 Å². The molecular formula is C13H23ClO. The molecule has 2 heteroatoms. The summed E-state index contributed by atoms with van der Waals surface area (Å²) in [6.45, 7) is 1.86. The van der Waals surface area contributed by atoms with E-state index in [0.29, 0.717) is 5.41 Å². The molecule has 2 rings (SSSR count). The van der Waals surface area contributed by atoms with Crippen LogP contribution in [0.4, 0.5) is 0 Å². The van der Waals surface area contributed by atoms with Crippen LogP contribution in [0, 0.1) is 11.3 Å².